The number of carbonyl (C=O) groups excluding carboxylic acids is 1. The number of aryl methyl sites for hydroxylation is 2. The normalized spacial score (nSPS) is 14.5. The second-order valence-corrected chi connectivity index (χ2v) is 7.07. The van der Waals surface area contributed by atoms with E-state index in [0.29, 0.717) is 19.5 Å². The van der Waals surface area contributed by atoms with E-state index < -0.39 is 0 Å². The maximum absolute atomic E-state index is 11.9. The van der Waals surface area contributed by atoms with Gasteiger partial charge >= 0.3 is 0 Å². The van der Waals surface area contributed by atoms with Gasteiger partial charge in [0.15, 0.2) is 5.82 Å². The van der Waals surface area contributed by atoms with Crippen LogP contribution in [0.3, 0.4) is 0 Å². The molecule has 0 atom stereocenters. The summed E-state index contributed by atoms with van der Waals surface area (Å²) in [4.78, 5) is 20.4. The largest absolute Gasteiger partial charge is 0.368 e. The summed E-state index contributed by atoms with van der Waals surface area (Å²) in [6.07, 6.45) is 8.43. The number of rotatable bonds is 8. The van der Waals surface area contributed by atoms with Crippen molar-refractivity contribution in [2.75, 3.05) is 18.4 Å². The predicted octanol–water partition coefficient (Wildman–Crippen LogP) is 2.78. The number of hydrogen-bond donors (Lipinski definition) is 2. The van der Waals surface area contributed by atoms with Crippen LogP contribution in [-0.4, -0.2) is 38.7 Å². The molecule has 2 heterocycles. The Morgan fingerprint density at radius 3 is 2.73 bits per heavy atom. The zero-order valence-corrected chi connectivity index (χ0v) is 15.7. The summed E-state index contributed by atoms with van der Waals surface area (Å²) in [6, 6.07) is 3.87. The van der Waals surface area contributed by atoms with Crippen LogP contribution in [0.2, 0.25) is 0 Å². The molecule has 2 aromatic rings. The first-order valence-corrected chi connectivity index (χ1v) is 9.48. The Labute approximate surface area is 154 Å². The quantitative estimate of drug-likeness (QED) is 0.711. The van der Waals surface area contributed by atoms with E-state index in [9.17, 15) is 4.79 Å². The molecular weight excluding hydrogens is 328 g/mol. The van der Waals surface area contributed by atoms with Gasteiger partial charge in [-0.1, -0.05) is 25.7 Å². The van der Waals surface area contributed by atoms with Crippen molar-refractivity contribution in [1.29, 1.82) is 0 Å². The molecule has 0 radical (unpaired) electrons. The van der Waals surface area contributed by atoms with Gasteiger partial charge in [-0.15, -0.1) is 0 Å². The predicted molar refractivity (Wildman–Crippen MR) is 101 cm³/mol. The molecule has 0 aromatic carbocycles. The van der Waals surface area contributed by atoms with Crippen LogP contribution in [0.15, 0.2) is 18.5 Å². The molecule has 1 saturated carbocycles. The van der Waals surface area contributed by atoms with E-state index in [1.54, 1.807) is 4.68 Å². The molecule has 2 aromatic heterocycles. The molecule has 0 bridgehead atoms. The standard InChI is InChI=1S/C19H28N6O/c1-14-11-15(2)25(24-14)18-12-17(22-13-23-18)20-9-10-21-19(26)8-7-16-5-3-4-6-16/h11-13,16H,3-10H2,1-2H3,(H,21,26)(H,20,22,23). The van der Waals surface area contributed by atoms with Crippen LogP contribution < -0.4 is 10.6 Å². The van der Waals surface area contributed by atoms with E-state index in [1.165, 1.54) is 32.0 Å². The first kappa shape index (κ1) is 18.4. The lowest BCUT2D eigenvalue weighted by Gasteiger charge is -2.10. The summed E-state index contributed by atoms with van der Waals surface area (Å²) in [5, 5.41) is 10.6. The van der Waals surface area contributed by atoms with Crippen LogP contribution in [0.25, 0.3) is 5.82 Å². The molecule has 140 valence electrons. The second kappa shape index (κ2) is 8.78. The Balaban J connectivity index is 1.41. The lowest BCUT2D eigenvalue weighted by Crippen LogP contribution is -2.29. The van der Waals surface area contributed by atoms with Crippen LogP contribution in [0.5, 0.6) is 0 Å². The van der Waals surface area contributed by atoms with Crippen LogP contribution in [0.4, 0.5) is 5.82 Å². The molecule has 0 unspecified atom stereocenters. The van der Waals surface area contributed by atoms with Crippen LogP contribution in [-0.2, 0) is 4.79 Å². The van der Waals surface area contributed by atoms with Crippen molar-refractivity contribution in [3.8, 4) is 5.82 Å². The number of amides is 1. The number of nitrogens with zero attached hydrogens (tertiary/aromatic N) is 4. The lowest BCUT2D eigenvalue weighted by molar-refractivity contribution is -0.121. The number of aromatic nitrogens is 4. The Morgan fingerprint density at radius 1 is 1.19 bits per heavy atom. The monoisotopic (exact) mass is 356 g/mol. The van der Waals surface area contributed by atoms with Gasteiger partial charge in [-0.05, 0) is 32.3 Å². The highest BCUT2D eigenvalue weighted by Gasteiger charge is 2.15. The topological polar surface area (TPSA) is 84.7 Å². The maximum Gasteiger partial charge on any atom is 0.220 e. The molecule has 1 amide bonds. The molecule has 1 fully saturated rings. The van der Waals surface area contributed by atoms with Gasteiger partial charge < -0.3 is 10.6 Å². The highest BCUT2D eigenvalue weighted by atomic mass is 16.1. The van der Waals surface area contributed by atoms with Crippen LogP contribution >= 0.6 is 0 Å². The fourth-order valence-corrected chi connectivity index (χ4v) is 3.54. The molecule has 0 saturated heterocycles. The van der Waals surface area contributed by atoms with Gasteiger partial charge in [0.25, 0.3) is 0 Å². The molecule has 26 heavy (non-hydrogen) atoms. The van der Waals surface area contributed by atoms with Gasteiger partial charge in [0.05, 0.1) is 5.69 Å². The van der Waals surface area contributed by atoms with Gasteiger partial charge in [0, 0.05) is 31.3 Å². The van der Waals surface area contributed by atoms with Gasteiger partial charge in [0.1, 0.15) is 12.1 Å². The van der Waals surface area contributed by atoms with E-state index in [-0.39, 0.29) is 5.91 Å². The maximum atomic E-state index is 11.9. The van der Waals surface area contributed by atoms with Crippen molar-refractivity contribution >= 4 is 11.7 Å². The molecule has 7 nitrogen and oxygen atoms in total. The zero-order chi connectivity index (χ0) is 18.4. The summed E-state index contributed by atoms with van der Waals surface area (Å²) in [5.41, 5.74) is 1.98. The Morgan fingerprint density at radius 2 is 2.00 bits per heavy atom. The highest BCUT2D eigenvalue weighted by molar-refractivity contribution is 5.75. The Hall–Kier alpha value is -2.44. The van der Waals surface area contributed by atoms with E-state index >= 15 is 0 Å². The third-order valence-corrected chi connectivity index (χ3v) is 4.89. The highest BCUT2D eigenvalue weighted by Crippen LogP contribution is 2.28. The minimum absolute atomic E-state index is 0.143. The molecule has 0 spiro atoms. The van der Waals surface area contributed by atoms with Crippen molar-refractivity contribution < 1.29 is 4.79 Å². The molecule has 7 heteroatoms. The number of hydrogen-bond acceptors (Lipinski definition) is 5. The first-order valence-electron chi connectivity index (χ1n) is 9.48. The van der Waals surface area contributed by atoms with E-state index in [2.05, 4.69) is 25.7 Å². The van der Waals surface area contributed by atoms with Gasteiger partial charge in [-0.25, -0.2) is 14.6 Å². The molecule has 2 N–H and O–H groups in total. The fourth-order valence-electron chi connectivity index (χ4n) is 3.54. The van der Waals surface area contributed by atoms with Crippen molar-refractivity contribution in [3.63, 3.8) is 0 Å². The average Bonchev–Trinajstić information content (AvgIpc) is 3.26. The van der Waals surface area contributed by atoms with Crippen molar-refractivity contribution in [1.82, 2.24) is 25.1 Å². The van der Waals surface area contributed by atoms with E-state index in [4.69, 9.17) is 0 Å². The van der Waals surface area contributed by atoms with Crippen molar-refractivity contribution in [2.24, 2.45) is 5.92 Å². The van der Waals surface area contributed by atoms with E-state index in [1.807, 2.05) is 26.0 Å². The number of carbonyl (C=O) groups is 1. The first-order chi connectivity index (χ1) is 12.6. The molecule has 3 rings (SSSR count). The summed E-state index contributed by atoms with van der Waals surface area (Å²) < 4.78 is 1.80. The molecule has 0 aliphatic heterocycles. The van der Waals surface area contributed by atoms with Gasteiger partial charge in [-0.2, -0.15) is 5.10 Å². The minimum Gasteiger partial charge on any atom is -0.368 e. The third kappa shape index (κ3) is 5.03. The fraction of sp³-hybridized carbons (Fsp3) is 0.579. The Bertz CT molecular complexity index is 735. The van der Waals surface area contributed by atoms with Gasteiger partial charge in [-0.3, -0.25) is 4.79 Å². The van der Waals surface area contributed by atoms with Crippen molar-refractivity contribution in [3.05, 3.63) is 29.8 Å². The summed E-state index contributed by atoms with van der Waals surface area (Å²) >= 11 is 0. The summed E-state index contributed by atoms with van der Waals surface area (Å²) in [6.45, 7) is 5.17. The zero-order valence-electron chi connectivity index (χ0n) is 15.7. The van der Waals surface area contributed by atoms with E-state index in [0.717, 1.165) is 35.4 Å². The lowest BCUT2D eigenvalue weighted by atomic mass is 10.0. The minimum atomic E-state index is 0.143. The third-order valence-electron chi connectivity index (χ3n) is 4.89. The smallest absolute Gasteiger partial charge is 0.220 e. The molecule has 1 aliphatic carbocycles. The SMILES string of the molecule is Cc1cc(C)n(-c2cc(NCCNC(=O)CCC3CCCC3)ncn2)n1. The molecule has 1 aliphatic rings. The average molecular weight is 356 g/mol. The number of nitrogens with one attached hydrogen (secondary N) is 2. The van der Waals surface area contributed by atoms with Crippen LogP contribution in [0.1, 0.15) is 49.9 Å². The number of anilines is 1. The summed E-state index contributed by atoms with van der Waals surface area (Å²) in [7, 11) is 0. The van der Waals surface area contributed by atoms with Crippen molar-refractivity contribution in [2.45, 2.75) is 52.4 Å². The second-order valence-electron chi connectivity index (χ2n) is 7.07. The summed E-state index contributed by atoms with van der Waals surface area (Å²) in [5.74, 6) is 2.36. The van der Waals surface area contributed by atoms with Crippen LogP contribution in [0, 0.1) is 19.8 Å². The molecular formula is C19H28N6O. The van der Waals surface area contributed by atoms with Gasteiger partial charge in [0.2, 0.25) is 5.91 Å². The Kier molecular flexibility index (Phi) is 6.20.